The van der Waals surface area contributed by atoms with Gasteiger partial charge in [0, 0.05) is 0 Å². The quantitative estimate of drug-likeness (QED) is 0.361. The zero-order valence-corrected chi connectivity index (χ0v) is 16.5. The van der Waals surface area contributed by atoms with Gasteiger partial charge in [0.1, 0.15) is 0 Å². The number of aromatic amines is 1. The topological polar surface area (TPSA) is 128 Å². The third-order valence-corrected chi connectivity index (χ3v) is 6.44. The molecule has 4 atom stereocenters. The molecule has 0 amide bonds. The van der Waals surface area contributed by atoms with E-state index in [2.05, 4.69) is 4.98 Å². The number of H-pyrrole nitrogens is 1. The van der Waals surface area contributed by atoms with Crippen LogP contribution in [0.2, 0.25) is 0 Å². The number of rotatable bonds is 5. The molecule has 0 radical (unpaired) electrons. The van der Waals surface area contributed by atoms with Crippen LogP contribution in [0, 0.1) is 0 Å². The first-order valence-electron chi connectivity index (χ1n) is 8.25. The third kappa shape index (κ3) is 4.01. The van der Waals surface area contributed by atoms with Crippen LogP contribution < -0.4 is 25.1 Å². The fraction of sp³-hybridized carbons (Fsp3) is 0.412. The second-order valence-corrected chi connectivity index (χ2v) is 8.72. The van der Waals surface area contributed by atoms with Crippen molar-refractivity contribution in [3.8, 4) is 0 Å². The fourth-order valence-electron chi connectivity index (χ4n) is 2.78. The van der Waals surface area contributed by atoms with Crippen molar-refractivity contribution in [2.75, 3.05) is 25.6 Å². The van der Waals surface area contributed by atoms with Crippen molar-refractivity contribution in [3.63, 3.8) is 0 Å². The molecule has 146 valence electrons. The Hall–Kier alpha value is -1.94. The minimum atomic E-state index is -1.40. The van der Waals surface area contributed by atoms with Crippen molar-refractivity contribution in [2.24, 2.45) is 0 Å². The molecule has 0 spiro atoms. The predicted octanol–water partition coefficient (Wildman–Crippen LogP) is -3.13. The van der Waals surface area contributed by atoms with Crippen molar-refractivity contribution in [1.82, 2.24) is 9.55 Å². The van der Waals surface area contributed by atoms with E-state index in [0.717, 1.165) is 14.7 Å². The molecule has 10 heteroatoms. The van der Waals surface area contributed by atoms with Gasteiger partial charge in [-0.3, -0.25) is 0 Å². The first kappa shape index (κ1) is 19.8. The zero-order chi connectivity index (χ0) is 19.7. The van der Waals surface area contributed by atoms with Gasteiger partial charge in [-0.15, -0.1) is 0 Å². The van der Waals surface area contributed by atoms with E-state index in [9.17, 15) is 24.9 Å². The van der Waals surface area contributed by atoms with E-state index >= 15 is 0 Å². The molecule has 2 heterocycles. The van der Waals surface area contributed by atoms with Gasteiger partial charge in [-0.25, -0.2) is 0 Å². The van der Waals surface area contributed by atoms with Crippen LogP contribution in [0.15, 0.2) is 40.1 Å². The Labute approximate surface area is 161 Å². The standard InChI is InChI=1S/C17H21N3O6Se/c1-19(2)9-3-5-10(6-4-9)27-12-7-20(17(25)18-15(12)24)16-14(23)13(22)11(8-21)26-16/h3-7,11,13-14,16,21-23H,8H2,1-2H3,(H,18,24,25)/t11-,13-,14-,16-/m1/s1. The summed E-state index contributed by atoms with van der Waals surface area (Å²) in [5, 5.41) is 29.2. The number of ether oxygens (including phenoxy) is 1. The number of anilines is 1. The minimum absolute atomic E-state index is 0.373. The maximum atomic E-state index is 12.2. The summed E-state index contributed by atoms with van der Waals surface area (Å²) in [7, 11) is 3.86. The summed E-state index contributed by atoms with van der Waals surface area (Å²) in [6.45, 7) is -0.498. The van der Waals surface area contributed by atoms with Gasteiger partial charge in [-0.05, 0) is 0 Å². The summed E-state index contributed by atoms with van der Waals surface area (Å²) in [4.78, 5) is 28.6. The number of aliphatic hydroxyl groups is 3. The van der Waals surface area contributed by atoms with Crippen LogP contribution in [0.4, 0.5) is 5.69 Å². The number of hydrogen-bond acceptors (Lipinski definition) is 7. The van der Waals surface area contributed by atoms with Gasteiger partial charge in [0.2, 0.25) is 0 Å². The van der Waals surface area contributed by atoms with Gasteiger partial charge < -0.3 is 0 Å². The van der Waals surface area contributed by atoms with Crippen LogP contribution in [-0.2, 0) is 4.74 Å². The molecule has 27 heavy (non-hydrogen) atoms. The molecule has 1 aliphatic rings. The van der Waals surface area contributed by atoms with E-state index in [1.807, 2.05) is 43.3 Å². The van der Waals surface area contributed by atoms with Crippen LogP contribution in [0.3, 0.4) is 0 Å². The third-order valence-electron chi connectivity index (χ3n) is 4.31. The molecule has 4 N–H and O–H groups in total. The molecule has 1 aromatic carbocycles. The van der Waals surface area contributed by atoms with Crippen LogP contribution in [0.25, 0.3) is 0 Å². The molecule has 1 aliphatic heterocycles. The van der Waals surface area contributed by atoms with Crippen LogP contribution in [0.5, 0.6) is 0 Å². The molecule has 0 aliphatic carbocycles. The second-order valence-electron chi connectivity index (χ2n) is 6.38. The molecule has 1 fully saturated rings. The average Bonchev–Trinajstić information content (AvgIpc) is 2.92. The number of nitrogens with one attached hydrogen (secondary N) is 1. The zero-order valence-electron chi connectivity index (χ0n) is 14.8. The molecule has 0 bridgehead atoms. The molecule has 3 rings (SSSR count). The molecule has 9 nitrogen and oxygen atoms in total. The van der Waals surface area contributed by atoms with Crippen molar-refractivity contribution in [1.29, 1.82) is 0 Å². The fourth-order valence-corrected chi connectivity index (χ4v) is 4.53. The summed E-state index contributed by atoms with van der Waals surface area (Å²) in [5.41, 5.74) is -0.225. The average molecular weight is 442 g/mol. The Bertz CT molecular complexity index is 910. The van der Waals surface area contributed by atoms with Crippen molar-refractivity contribution in [3.05, 3.63) is 51.3 Å². The second kappa shape index (κ2) is 7.97. The summed E-state index contributed by atoms with van der Waals surface area (Å²) in [5.74, 6) is 0. The first-order chi connectivity index (χ1) is 12.8. The number of aliphatic hydroxyl groups excluding tert-OH is 3. The van der Waals surface area contributed by atoms with Gasteiger partial charge in [0.25, 0.3) is 0 Å². The molecule has 2 aromatic rings. The molecule has 1 aromatic heterocycles. The number of hydrogen-bond donors (Lipinski definition) is 4. The van der Waals surface area contributed by atoms with Gasteiger partial charge in [0.05, 0.1) is 0 Å². The van der Waals surface area contributed by atoms with E-state index < -0.39 is 42.4 Å². The molecular formula is C17H21N3O6Se. The number of nitrogens with zero attached hydrogens (tertiary/aromatic N) is 2. The maximum absolute atomic E-state index is 12.2. The Morgan fingerprint density at radius 3 is 2.41 bits per heavy atom. The Morgan fingerprint density at radius 1 is 1.19 bits per heavy atom. The molecule has 1 saturated heterocycles. The Balaban J connectivity index is 1.91. The van der Waals surface area contributed by atoms with Gasteiger partial charge >= 0.3 is 161 Å². The van der Waals surface area contributed by atoms with Crippen LogP contribution >= 0.6 is 0 Å². The monoisotopic (exact) mass is 443 g/mol. The molecular weight excluding hydrogens is 421 g/mol. The van der Waals surface area contributed by atoms with Crippen molar-refractivity contribution >= 4 is 29.6 Å². The molecule has 0 unspecified atom stereocenters. The SMILES string of the molecule is CN(C)c1ccc([Se]c2cn([C@@H]3O[C@H](CO)[C@@H](O)[C@H]3O)c(=O)[nH]c2=O)cc1. The molecule has 0 saturated carbocycles. The van der Waals surface area contributed by atoms with Crippen LogP contribution in [0.1, 0.15) is 6.23 Å². The summed E-state index contributed by atoms with van der Waals surface area (Å²) in [6, 6.07) is 7.70. The van der Waals surface area contributed by atoms with Gasteiger partial charge in [-0.1, -0.05) is 0 Å². The van der Waals surface area contributed by atoms with E-state index in [1.165, 1.54) is 6.20 Å². The van der Waals surface area contributed by atoms with Crippen LogP contribution in [-0.4, -0.2) is 78.8 Å². The van der Waals surface area contributed by atoms with E-state index in [4.69, 9.17) is 4.74 Å². The summed E-state index contributed by atoms with van der Waals surface area (Å²) in [6.07, 6.45) is -3.57. The van der Waals surface area contributed by atoms with Gasteiger partial charge in [-0.2, -0.15) is 0 Å². The van der Waals surface area contributed by atoms with Crippen molar-refractivity contribution in [2.45, 2.75) is 24.5 Å². The normalized spacial score (nSPS) is 24.9. The van der Waals surface area contributed by atoms with E-state index in [0.29, 0.717) is 4.46 Å². The number of aromatic nitrogens is 2. The number of benzene rings is 1. The van der Waals surface area contributed by atoms with E-state index in [1.54, 1.807) is 0 Å². The van der Waals surface area contributed by atoms with Gasteiger partial charge in [0.15, 0.2) is 0 Å². The summed E-state index contributed by atoms with van der Waals surface area (Å²) < 4.78 is 7.74. The van der Waals surface area contributed by atoms with Crippen molar-refractivity contribution < 1.29 is 20.1 Å². The first-order valence-corrected chi connectivity index (χ1v) is 9.96. The Kier molecular flexibility index (Phi) is 5.85. The predicted molar refractivity (Wildman–Crippen MR) is 100 cm³/mol. The van der Waals surface area contributed by atoms with E-state index in [-0.39, 0.29) is 15.0 Å². The Morgan fingerprint density at radius 2 is 1.85 bits per heavy atom. The summed E-state index contributed by atoms with van der Waals surface area (Å²) >= 11 is -0.383.